The third-order valence-electron chi connectivity index (χ3n) is 5.49. The molecule has 2 aliphatic carbocycles. The van der Waals surface area contributed by atoms with Gasteiger partial charge in [0.15, 0.2) is 0 Å². The summed E-state index contributed by atoms with van der Waals surface area (Å²) in [4.78, 5) is 0. The van der Waals surface area contributed by atoms with Crippen LogP contribution in [-0.2, 0) is 0 Å². The fraction of sp³-hybridized carbons (Fsp3) is 1.00. The molecule has 2 fully saturated rings. The highest BCUT2D eigenvalue weighted by Crippen LogP contribution is 2.49. The zero-order valence-corrected chi connectivity index (χ0v) is 11.0. The molecule has 1 heteroatoms. The molecule has 1 N–H and O–H groups in total. The number of fused-ring (bicyclic) bond motifs is 1. The van der Waals surface area contributed by atoms with Gasteiger partial charge in [0.05, 0.1) is 5.60 Å². The molecule has 0 aliphatic heterocycles. The highest BCUT2D eigenvalue weighted by molar-refractivity contribution is 4.94. The van der Waals surface area contributed by atoms with E-state index in [2.05, 4.69) is 13.8 Å². The fourth-order valence-electron chi connectivity index (χ4n) is 4.38. The van der Waals surface area contributed by atoms with E-state index in [1.807, 2.05) is 0 Å². The van der Waals surface area contributed by atoms with Crippen LogP contribution in [0.1, 0.15) is 71.6 Å². The maximum atomic E-state index is 10.8. The average molecular weight is 224 g/mol. The summed E-state index contributed by atoms with van der Waals surface area (Å²) in [6, 6.07) is 0. The van der Waals surface area contributed by atoms with Crippen molar-refractivity contribution < 1.29 is 5.11 Å². The zero-order valence-electron chi connectivity index (χ0n) is 11.0. The van der Waals surface area contributed by atoms with Gasteiger partial charge in [-0.05, 0) is 43.4 Å². The van der Waals surface area contributed by atoms with E-state index in [0.717, 1.165) is 24.7 Å². The molecule has 0 aromatic carbocycles. The summed E-state index contributed by atoms with van der Waals surface area (Å²) < 4.78 is 0. The van der Waals surface area contributed by atoms with Crippen molar-refractivity contribution in [2.45, 2.75) is 77.2 Å². The monoisotopic (exact) mass is 224 g/mol. The van der Waals surface area contributed by atoms with Crippen LogP contribution in [0.15, 0.2) is 0 Å². The molecule has 16 heavy (non-hydrogen) atoms. The van der Waals surface area contributed by atoms with Gasteiger partial charge in [0, 0.05) is 0 Å². The maximum absolute atomic E-state index is 10.8. The van der Waals surface area contributed by atoms with Crippen molar-refractivity contribution in [3.63, 3.8) is 0 Å². The number of hydrogen-bond donors (Lipinski definition) is 1. The van der Waals surface area contributed by atoms with Crippen molar-refractivity contribution in [2.24, 2.45) is 17.8 Å². The second-order valence-electron chi connectivity index (χ2n) is 6.06. The quantitative estimate of drug-likeness (QED) is 0.763. The molecule has 2 aliphatic rings. The molecule has 0 aromatic rings. The molecule has 2 saturated carbocycles. The van der Waals surface area contributed by atoms with E-state index in [9.17, 15) is 5.11 Å². The molecule has 2 rings (SSSR count). The Morgan fingerprint density at radius 1 is 0.938 bits per heavy atom. The molecule has 0 saturated heterocycles. The molecule has 1 nitrogen and oxygen atoms in total. The molecule has 0 amide bonds. The van der Waals surface area contributed by atoms with Gasteiger partial charge in [0.1, 0.15) is 0 Å². The van der Waals surface area contributed by atoms with Crippen LogP contribution in [0.5, 0.6) is 0 Å². The van der Waals surface area contributed by atoms with Crippen LogP contribution in [-0.4, -0.2) is 10.7 Å². The first-order valence-electron chi connectivity index (χ1n) is 7.43. The fourth-order valence-corrected chi connectivity index (χ4v) is 4.38. The zero-order chi connectivity index (χ0) is 11.6. The molecule has 0 spiro atoms. The predicted molar refractivity (Wildman–Crippen MR) is 68.3 cm³/mol. The van der Waals surface area contributed by atoms with Crippen LogP contribution in [0.25, 0.3) is 0 Å². The number of aliphatic hydroxyl groups is 1. The minimum Gasteiger partial charge on any atom is -0.390 e. The van der Waals surface area contributed by atoms with Gasteiger partial charge in [-0.15, -0.1) is 0 Å². The molecule has 0 radical (unpaired) electrons. The van der Waals surface area contributed by atoms with E-state index in [0.29, 0.717) is 5.92 Å². The highest BCUT2D eigenvalue weighted by Gasteiger charge is 2.44. The molecular weight excluding hydrogens is 196 g/mol. The van der Waals surface area contributed by atoms with Gasteiger partial charge in [-0.1, -0.05) is 46.0 Å². The topological polar surface area (TPSA) is 20.2 Å². The maximum Gasteiger partial charge on any atom is 0.0673 e. The SMILES string of the molecule is CCC(O)(CC)[C@H]1CCCC2CCCCC21. The van der Waals surface area contributed by atoms with E-state index in [1.54, 1.807) is 0 Å². The normalized spacial score (nSPS) is 35.8. The van der Waals surface area contributed by atoms with E-state index in [1.165, 1.54) is 44.9 Å². The van der Waals surface area contributed by atoms with Gasteiger partial charge in [-0.2, -0.15) is 0 Å². The third-order valence-corrected chi connectivity index (χ3v) is 5.49. The lowest BCUT2D eigenvalue weighted by atomic mass is 9.60. The van der Waals surface area contributed by atoms with Gasteiger partial charge >= 0.3 is 0 Å². The van der Waals surface area contributed by atoms with Crippen LogP contribution < -0.4 is 0 Å². The predicted octanol–water partition coefficient (Wildman–Crippen LogP) is 4.14. The summed E-state index contributed by atoms with van der Waals surface area (Å²) >= 11 is 0. The summed E-state index contributed by atoms with van der Waals surface area (Å²) in [6.07, 6.45) is 11.6. The molecule has 94 valence electrons. The van der Waals surface area contributed by atoms with Crippen LogP contribution in [0.2, 0.25) is 0 Å². The Morgan fingerprint density at radius 2 is 1.56 bits per heavy atom. The second kappa shape index (κ2) is 5.08. The van der Waals surface area contributed by atoms with Crippen LogP contribution >= 0.6 is 0 Å². The van der Waals surface area contributed by atoms with Crippen molar-refractivity contribution in [3.05, 3.63) is 0 Å². The first-order valence-corrected chi connectivity index (χ1v) is 7.43. The molecule has 0 aromatic heterocycles. The summed E-state index contributed by atoms with van der Waals surface area (Å²) in [5.74, 6) is 2.38. The first-order chi connectivity index (χ1) is 7.71. The van der Waals surface area contributed by atoms with Gasteiger partial charge < -0.3 is 5.11 Å². The Balaban J connectivity index is 2.12. The lowest BCUT2D eigenvalue weighted by Gasteiger charge is -2.48. The van der Waals surface area contributed by atoms with Crippen molar-refractivity contribution in [2.75, 3.05) is 0 Å². The molecule has 2 unspecified atom stereocenters. The van der Waals surface area contributed by atoms with Gasteiger partial charge in [0.25, 0.3) is 0 Å². The lowest BCUT2D eigenvalue weighted by Crippen LogP contribution is -2.46. The van der Waals surface area contributed by atoms with Crippen molar-refractivity contribution >= 4 is 0 Å². The summed E-state index contributed by atoms with van der Waals surface area (Å²) in [7, 11) is 0. The number of rotatable bonds is 3. The first kappa shape index (κ1) is 12.4. The standard InChI is InChI=1S/C15H28O/c1-3-15(16,4-2)14-11-7-9-12-8-5-6-10-13(12)14/h12-14,16H,3-11H2,1-2H3/t12?,13?,14-/m0/s1. The Labute approximate surface area is 101 Å². The minimum absolute atomic E-state index is 0.360. The van der Waals surface area contributed by atoms with Gasteiger partial charge in [-0.25, -0.2) is 0 Å². The number of hydrogen-bond acceptors (Lipinski definition) is 1. The van der Waals surface area contributed by atoms with Crippen LogP contribution in [0.3, 0.4) is 0 Å². The van der Waals surface area contributed by atoms with Gasteiger partial charge in [0.2, 0.25) is 0 Å². The van der Waals surface area contributed by atoms with Crippen molar-refractivity contribution in [1.82, 2.24) is 0 Å². The van der Waals surface area contributed by atoms with Crippen LogP contribution in [0, 0.1) is 17.8 Å². The Hall–Kier alpha value is -0.0400. The van der Waals surface area contributed by atoms with Crippen molar-refractivity contribution in [1.29, 1.82) is 0 Å². The molecule has 3 atom stereocenters. The van der Waals surface area contributed by atoms with E-state index in [-0.39, 0.29) is 5.60 Å². The van der Waals surface area contributed by atoms with E-state index >= 15 is 0 Å². The lowest BCUT2D eigenvalue weighted by molar-refractivity contribution is -0.0851. The molecule has 0 heterocycles. The Bertz CT molecular complexity index is 217. The van der Waals surface area contributed by atoms with Crippen LogP contribution in [0.4, 0.5) is 0 Å². The average Bonchev–Trinajstić information content (AvgIpc) is 2.37. The Morgan fingerprint density at radius 3 is 2.25 bits per heavy atom. The minimum atomic E-state index is -0.360. The third kappa shape index (κ3) is 2.16. The van der Waals surface area contributed by atoms with Crippen molar-refractivity contribution in [3.8, 4) is 0 Å². The molecule has 0 bridgehead atoms. The second-order valence-corrected chi connectivity index (χ2v) is 6.06. The summed E-state index contributed by atoms with van der Waals surface area (Å²) in [5, 5.41) is 10.8. The highest BCUT2D eigenvalue weighted by atomic mass is 16.3. The smallest absolute Gasteiger partial charge is 0.0673 e. The summed E-state index contributed by atoms with van der Waals surface area (Å²) in [6.45, 7) is 4.33. The van der Waals surface area contributed by atoms with E-state index in [4.69, 9.17) is 0 Å². The molecular formula is C15H28O. The van der Waals surface area contributed by atoms with E-state index < -0.39 is 0 Å². The largest absolute Gasteiger partial charge is 0.390 e. The van der Waals surface area contributed by atoms with Gasteiger partial charge in [-0.3, -0.25) is 0 Å². The Kier molecular flexibility index (Phi) is 3.94. The summed E-state index contributed by atoms with van der Waals surface area (Å²) in [5.41, 5.74) is -0.360.